The number of alkyl halides is 3. The van der Waals surface area contributed by atoms with Crippen molar-refractivity contribution in [2.45, 2.75) is 44.4 Å². The van der Waals surface area contributed by atoms with Gasteiger partial charge in [0.05, 0.1) is 31.5 Å². The summed E-state index contributed by atoms with van der Waals surface area (Å²) in [5.41, 5.74) is 2.67. The van der Waals surface area contributed by atoms with Crippen LogP contribution in [0.4, 0.5) is 19.0 Å². The number of halogens is 3. The van der Waals surface area contributed by atoms with Crippen LogP contribution in [0.15, 0.2) is 42.9 Å². The number of nitrogens with zero attached hydrogens (tertiary/aromatic N) is 6. The molecular formula is C25H22F3N7O2. The van der Waals surface area contributed by atoms with Crippen LogP contribution in [0.5, 0.6) is 5.88 Å². The number of methoxy groups -OCH3 is 1. The van der Waals surface area contributed by atoms with E-state index in [1.807, 2.05) is 6.07 Å². The molecule has 1 aromatic carbocycles. The number of benzene rings is 1. The predicted octanol–water partition coefficient (Wildman–Crippen LogP) is 4.57. The molecule has 4 aromatic rings. The van der Waals surface area contributed by atoms with Gasteiger partial charge in [0.1, 0.15) is 23.7 Å². The number of fused-ring (bicyclic) bond motifs is 1. The van der Waals surface area contributed by atoms with E-state index >= 15 is 0 Å². The number of rotatable bonds is 6. The molecule has 9 nitrogen and oxygen atoms in total. The van der Waals surface area contributed by atoms with E-state index in [2.05, 4.69) is 19.9 Å². The molecule has 3 aromatic heterocycles. The number of aromatic amines is 1. The van der Waals surface area contributed by atoms with Gasteiger partial charge >= 0.3 is 6.18 Å². The number of hydrogen-bond donors (Lipinski definition) is 1. The van der Waals surface area contributed by atoms with Gasteiger partial charge < -0.3 is 9.72 Å². The van der Waals surface area contributed by atoms with Gasteiger partial charge in [0.2, 0.25) is 11.8 Å². The lowest BCUT2D eigenvalue weighted by Gasteiger charge is -2.27. The normalized spacial score (nSPS) is 15.7. The largest absolute Gasteiger partial charge is 0.480 e. The summed E-state index contributed by atoms with van der Waals surface area (Å²) in [4.78, 5) is 29.5. The van der Waals surface area contributed by atoms with Gasteiger partial charge in [-0.3, -0.25) is 9.69 Å². The van der Waals surface area contributed by atoms with Crippen molar-refractivity contribution in [3.63, 3.8) is 0 Å². The highest BCUT2D eigenvalue weighted by Crippen LogP contribution is 2.46. The molecule has 2 aliphatic rings. The highest BCUT2D eigenvalue weighted by Gasteiger charge is 2.34. The van der Waals surface area contributed by atoms with Crippen molar-refractivity contribution in [2.24, 2.45) is 0 Å². The maximum absolute atomic E-state index is 12.9. The highest BCUT2D eigenvalue weighted by atomic mass is 19.4. The van der Waals surface area contributed by atoms with E-state index in [1.165, 1.54) is 6.33 Å². The molecule has 1 fully saturated rings. The Labute approximate surface area is 209 Å². The van der Waals surface area contributed by atoms with Crippen LogP contribution >= 0.6 is 0 Å². The SMILES string of the molecule is COc1ncnc(C2CC2)c1-c1cc2n(n1)CCC(=O)N2Cc1ccc(-c2nc(C(F)(F)F)c[nH]2)cc1. The quantitative estimate of drug-likeness (QED) is 0.409. The van der Waals surface area contributed by atoms with Crippen molar-refractivity contribution in [2.75, 3.05) is 12.0 Å². The molecule has 1 amide bonds. The Morgan fingerprint density at radius 1 is 1.16 bits per heavy atom. The first-order chi connectivity index (χ1) is 17.8. The highest BCUT2D eigenvalue weighted by molar-refractivity contribution is 5.94. The molecule has 190 valence electrons. The van der Waals surface area contributed by atoms with Crippen molar-refractivity contribution in [3.05, 3.63) is 59.8 Å². The summed E-state index contributed by atoms with van der Waals surface area (Å²) in [6, 6.07) is 8.76. The number of nitrogens with one attached hydrogen (secondary N) is 1. The molecule has 1 aliphatic carbocycles. The van der Waals surface area contributed by atoms with Crippen LogP contribution in [-0.4, -0.2) is 42.7 Å². The summed E-state index contributed by atoms with van der Waals surface area (Å²) >= 11 is 0. The van der Waals surface area contributed by atoms with Crippen LogP contribution in [0.3, 0.4) is 0 Å². The molecule has 0 bridgehead atoms. The van der Waals surface area contributed by atoms with E-state index < -0.39 is 11.9 Å². The minimum atomic E-state index is -4.51. The zero-order chi connectivity index (χ0) is 25.7. The Balaban J connectivity index is 1.28. The fraction of sp³-hybridized carbons (Fsp3) is 0.320. The lowest BCUT2D eigenvalue weighted by atomic mass is 10.1. The molecule has 0 unspecified atom stereocenters. The molecule has 6 rings (SSSR count). The summed E-state index contributed by atoms with van der Waals surface area (Å²) in [7, 11) is 1.56. The average molecular weight is 509 g/mol. The van der Waals surface area contributed by atoms with Gasteiger partial charge in [0.15, 0.2) is 5.69 Å². The number of amides is 1. The smallest absolute Gasteiger partial charge is 0.434 e. The zero-order valence-corrected chi connectivity index (χ0v) is 19.8. The first kappa shape index (κ1) is 23.2. The van der Waals surface area contributed by atoms with E-state index in [1.54, 1.807) is 41.0 Å². The number of anilines is 1. The number of carbonyl (C=O) groups is 1. The number of H-pyrrole nitrogens is 1. The summed E-state index contributed by atoms with van der Waals surface area (Å²) in [6.45, 7) is 0.743. The van der Waals surface area contributed by atoms with Gasteiger partial charge in [-0.15, -0.1) is 0 Å². The second kappa shape index (κ2) is 8.71. The van der Waals surface area contributed by atoms with E-state index in [-0.39, 0.29) is 18.3 Å². The van der Waals surface area contributed by atoms with Gasteiger partial charge in [-0.2, -0.15) is 18.3 Å². The van der Waals surface area contributed by atoms with Crippen molar-refractivity contribution in [1.82, 2.24) is 29.7 Å². The Morgan fingerprint density at radius 2 is 1.95 bits per heavy atom. The minimum absolute atomic E-state index is 0.0393. The second-order valence-electron chi connectivity index (χ2n) is 9.09. The molecular weight excluding hydrogens is 487 g/mol. The molecule has 0 radical (unpaired) electrons. The predicted molar refractivity (Wildman–Crippen MR) is 127 cm³/mol. The maximum Gasteiger partial charge on any atom is 0.434 e. The fourth-order valence-electron chi connectivity index (χ4n) is 4.55. The molecule has 12 heteroatoms. The third kappa shape index (κ3) is 4.32. The van der Waals surface area contributed by atoms with Crippen molar-refractivity contribution >= 4 is 11.7 Å². The molecule has 37 heavy (non-hydrogen) atoms. The minimum Gasteiger partial charge on any atom is -0.480 e. The summed E-state index contributed by atoms with van der Waals surface area (Å²) < 4.78 is 45.9. The maximum atomic E-state index is 12.9. The molecule has 4 heterocycles. The molecule has 1 saturated carbocycles. The topological polar surface area (TPSA) is 102 Å². The number of ether oxygens (including phenoxy) is 1. The zero-order valence-electron chi connectivity index (χ0n) is 19.8. The van der Waals surface area contributed by atoms with E-state index in [0.29, 0.717) is 41.8 Å². The molecule has 1 aliphatic heterocycles. The van der Waals surface area contributed by atoms with Gasteiger partial charge in [0.25, 0.3) is 0 Å². The first-order valence-corrected chi connectivity index (χ1v) is 11.8. The van der Waals surface area contributed by atoms with Crippen LogP contribution in [0.2, 0.25) is 0 Å². The van der Waals surface area contributed by atoms with Crippen LogP contribution in [-0.2, 0) is 24.1 Å². The number of hydrogen-bond acceptors (Lipinski definition) is 6. The van der Waals surface area contributed by atoms with Gasteiger partial charge in [-0.1, -0.05) is 24.3 Å². The van der Waals surface area contributed by atoms with E-state index in [0.717, 1.165) is 35.9 Å². The lowest BCUT2D eigenvalue weighted by Crippen LogP contribution is -2.36. The Hall–Kier alpha value is -4.22. The Bertz CT molecular complexity index is 1470. The van der Waals surface area contributed by atoms with Crippen LogP contribution in [0.25, 0.3) is 22.6 Å². The number of carbonyl (C=O) groups excluding carboxylic acids is 1. The Morgan fingerprint density at radius 3 is 2.62 bits per heavy atom. The second-order valence-corrected chi connectivity index (χ2v) is 9.09. The Kier molecular flexibility index (Phi) is 5.46. The van der Waals surface area contributed by atoms with E-state index in [9.17, 15) is 18.0 Å². The van der Waals surface area contributed by atoms with Crippen LogP contribution in [0.1, 0.15) is 42.1 Å². The lowest BCUT2D eigenvalue weighted by molar-refractivity contribution is -0.140. The van der Waals surface area contributed by atoms with Gasteiger partial charge in [0, 0.05) is 30.2 Å². The third-order valence-electron chi connectivity index (χ3n) is 6.57. The molecule has 1 N–H and O–H groups in total. The summed E-state index contributed by atoms with van der Waals surface area (Å²) in [5, 5.41) is 4.76. The van der Waals surface area contributed by atoms with Crippen LogP contribution in [0, 0.1) is 0 Å². The van der Waals surface area contributed by atoms with Crippen molar-refractivity contribution in [1.29, 1.82) is 0 Å². The summed E-state index contributed by atoms with van der Waals surface area (Å²) in [6.07, 6.45) is 0.235. The fourth-order valence-corrected chi connectivity index (χ4v) is 4.55. The third-order valence-corrected chi connectivity index (χ3v) is 6.57. The number of aryl methyl sites for hydroxylation is 1. The number of aromatic nitrogens is 6. The van der Waals surface area contributed by atoms with Crippen molar-refractivity contribution < 1.29 is 22.7 Å². The molecule has 0 spiro atoms. The first-order valence-electron chi connectivity index (χ1n) is 11.8. The van der Waals surface area contributed by atoms with Gasteiger partial charge in [-0.05, 0) is 18.4 Å². The standard InChI is InChI=1S/C25H22F3N7O2/c1-37-24-21(22(15-6-7-15)30-13-31-24)17-10-19-34(20(36)8-9-35(19)33-17)12-14-2-4-16(5-3-14)23-29-11-18(32-23)25(26,27)28/h2-5,10-11,13,15H,6-9,12H2,1H3,(H,29,32). The van der Waals surface area contributed by atoms with E-state index in [4.69, 9.17) is 9.84 Å². The monoisotopic (exact) mass is 509 g/mol. The van der Waals surface area contributed by atoms with Crippen molar-refractivity contribution in [3.8, 4) is 28.5 Å². The average Bonchev–Trinajstić information content (AvgIpc) is 3.43. The summed E-state index contributed by atoms with van der Waals surface area (Å²) in [5.74, 6) is 1.54. The number of imidazole rings is 1. The van der Waals surface area contributed by atoms with Crippen LogP contribution < -0.4 is 9.64 Å². The molecule has 0 atom stereocenters. The van der Waals surface area contributed by atoms with Gasteiger partial charge in [-0.25, -0.2) is 19.6 Å². The molecule has 0 saturated heterocycles.